The van der Waals surface area contributed by atoms with E-state index in [2.05, 4.69) is 4.98 Å². The normalized spacial score (nSPS) is 20.2. The molecule has 1 fully saturated rings. The molecule has 0 spiro atoms. The molecule has 1 aliphatic rings. The number of carbonyl (C=O) groups is 1. The highest BCUT2D eigenvalue weighted by Crippen LogP contribution is 2.19. The largest absolute Gasteiger partial charge is 0.468 e. The summed E-state index contributed by atoms with van der Waals surface area (Å²) in [6.07, 6.45) is 1.74. The fourth-order valence-electron chi connectivity index (χ4n) is 1.78. The second-order valence-electron chi connectivity index (χ2n) is 3.75. The van der Waals surface area contributed by atoms with Crippen LogP contribution in [0.5, 0.6) is 0 Å². The molecular formula is C10H16ClN3O3S. The lowest BCUT2D eigenvalue weighted by Crippen LogP contribution is -2.49. The number of hydrogen-bond acceptors (Lipinski definition) is 7. The third-order valence-corrected chi connectivity index (χ3v) is 3.45. The van der Waals surface area contributed by atoms with E-state index in [1.807, 2.05) is 4.90 Å². The van der Waals surface area contributed by atoms with Gasteiger partial charge in [0.25, 0.3) is 0 Å². The molecule has 1 atom stereocenters. The van der Waals surface area contributed by atoms with Gasteiger partial charge in [-0.2, -0.15) is 0 Å². The summed E-state index contributed by atoms with van der Waals surface area (Å²) in [6.45, 7) is 2.36. The molecule has 1 saturated heterocycles. The first kappa shape index (κ1) is 15.2. The van der Waals surface area contributed by atoms with Crippen molar-refractivity contribution in [3.8, 4) is 0 Å². The van der Waals surface area contributed by atoms with Gasteiger partial charge in [0.1, 0.15) is 6.04 Å². The molecule has 0 bridgehead atoms. The van der Waals surface area contributed by atoms with Crippen molar-refractivity contribution >= 4 is 34.8 Å². The zero-order chi connectivity index (χ0) is 12.3. The number of nitrogen functional groups attached to an aromatic ring is 1. The highest BCUT2D eigenvalue weighted by Gasteiger charge is 2.30. The van der Waals surface area contributed by atoms with Crippen molar-refractivity contribution in [3.05, 3.63) is 11.1 Å². The Morgan fingerprint density at radius 2 is 2.56 bits per heavy atom. The molecule has 0 saturated carbocycles. The number of morpholine rings is 1. The van der Waals surface area contributed by atoms with Gasteiger partial charge in [0.2, 0.25) is 0 Å². The Kier molecular flexibility index (Phi) is 5.80. The van der Waals surface area contributed by atoms with Crippen molar-refractivity contribution in [2.75, 3.05) is 32.6 Å². The van der Waals surface area contributed by atoms with Gasteiger partial charge in [-0.05, 0) is 0 Å². The molecule has 8 heteroatoms. The molecule has 18 heavy (non-hydrogen) atoms. The number of methoxy groups -OCH3 is 1. The van der Waals surface area contributed by atoms with E-state index in [1.54, 1.807) is 6.20 Å². The number of esters is 1. The van der Waals surface area contributed by atoms with Crippen LogP contribution in [-0.4, -0.2) is 48.8 Å². The summed E-state index contributed by atoms with van der Waals surface area (Å²) < 4.78 is 10.1. The highest BCUT2D eigenvalue weighted by atomic mass is 35.5. The number of rotatable bonds is 3. The monoisotopic (exact) mass is 293 g/mol. The molecule has 1 aliphatic heterocycles. The van der Waals surface area contributed by atoms with Crippen LogP contribution >= 0.6 is 23.7 Å². The molecule has 0 radical (unpaired) electrons. The third-order valence-electron chi connectivity index (χ3n) is 2.64. The number of aromatic nitrogens is 1. The second-order valence-corrected chi connectivity index (χ2v) is 4.90. The summed E-state index contributed by atoms with van der Waals surface area (Å²) in [5, 5.41) is 0.544. The van der Waals surface area contributed by atoms with E-state index in [1.165, 1.54) is 18.4 Å². The third kappa shape index (κ3) is 3.55. The van der Waals surface area contributed by atoms with Crippen molar-refractivity contribution in [1.82, 2.24) is 9.88 Å². The maximum absolute atomic E-state index is 11.6. The summed E-state index contributed by atoms with van der Waals surface area (Å²) in [7, 11) is 1.39. The van der Waals surface area contributed by atoms with Gasteiger partial charge in [-0.15, -0.1) is 23.7 Å². The van der Waals surface area contributed by atoms with Crippen molar-refractivity contribution in [1.29, 1.82) is 0 Å². The second kappa shape index (κ2) is 6.89. The van der Waals surface area contributed by atoms with Crippen LogP contribution in [0.25, 0.3) is 0 Å². The summed E-state index contributed by atoms with van der Waals surface area (Å²) in [5.74, 6) is -0.262. The van der Waals surface area contributed by atoms with Gasteiger partial charge in [-0.1, -0.05) is 0 Å². The first-order chi connectivity index (χ1) is 8.20. The van der Waals surface area contributed by atoms with Crippen molar-refractivity contribution in [2.45, 2.75) is 12.6 Å². The predicted octanol–water partition coefficient (Wildman–Crippen LogP) is 0.521. The number of nitrogens with two attached hydrogens (primary N) is 1. The Bertz CT molecular complexity index is 401. The van der Waals surface area contributed by atoms with E-state index in [0.717, 1.165) is 4.88 Å². The predicted molar refractivity (Wildman–Crippen MR) is 70.8 cm³/mol. The molecule has 1 aromatic rings. The minimum Gasteiger partial charge on any atom is -0.468 e. The fraction of sp³-hybridized carbons (Fsp3) is 0.600. The molecule has 2 rings (SSSR count). The van der Waals surface area contributed by atoms with E-state index < -0.39 is 0 Å². The van der Waals surface area contributed by atoms with E-state index in [9.17, 15) is 4.79 Å². The van der Waals surface area contributed by atoms with E-state index in [0.29, 0.717) is 31.4 Å². The van der Waals surface area contributed by atoms with E-state index in [4.69, 9.17) is 15.2 Å². The molecular weight excluding hydrogens is 278 g/mol. The van der Waals surface area contributed by atoms with Gasteiger partial charge in [-0.3, -0.25) is 9.69 Å². The molecule has 0 amide bonds. The molecule has 0 aliphatic carbocycles. The lowest BCUT2D eigenvalue weighted by molar-refractivity contribution is -0.153. The fourth-order valence-corrected chi connectivity index (χ4v) is 2.49. The number of nitrogens with zero attached hydrogens (tertiary/aromatic N) is 2. The lowest BCUT2D eigenvalue weighted by atomic mass is 10.2. The first-order valence-corrected chi connectivity index (χ1v) is 6.12. The number of halogens is 1. The van der Waals surface area contributed by atoms with Crippen LogP contribution in [-0.2, 0) is 20.8 Å². The van der Waals surface area contributed by atoms with Gasteiger partial charge in [0.05, 0.1) is 20.3 Å². The minimum atomic E-state index is -0.336. The summed E-state index contributed by atoms with van der Waals surface area (Å²) >= 11 is 1.43. The molecule has 2 N–H and O–H groups in total. The summed E-state index contributed by atoms with van der Waals surface area (Å²) in [4.78, 5) is 18.7. The molecule has 2 heterocycles. The Morgan fingerprint density at radius 3 is 3.17 bits per heavy atom. The summed E-state index contributed by atoms with van der Waals surface area (Å²) in [6, 6.07) is -0.336. The molecule has 6 nitrogen and oxygen atoms in total. The van der Waals surface area contributed by atoms with Crippen LogP contribution in [0.1, 0.15) is 4.88 Å². The minimum absolute atomic E-state index is 0. The van der Waals surface area contributed by atoms with Crippen molar-refractivity contribution in [3.63, 3.8) is 0 Å². The smallest absolute Gasteiger partial charge is 0.325 e. The van der Waals surface area contributed by atoms with Gasteiger partial charge in [-0.25, -0.2) is 4.98 Å². The van der Waals surface area contributed by atoms with Crippen LogP contribution in [0.2, 0.25) is 0 Å². The van der Waals surface area contributed by atoms with Crippen LogP contribution < -0.4 is 5.73 Å². The Morgan fingerprint density at radius 1 is 1.78 bits per heavy atom. The zero-order valence-corrected chi connectivity index (χ0v) is 11.6. The number of ether oxygens (including phenoxy) is 2. The first-order valence-electron chi connectivity index (χ1n) is 5.30. The Balaban J connectivity index is 0.00000162. The maximum atomic E-state index is 11.6. The van der Waals surface area contributed by atoms with Crippen molar-refractivity contribution < 1.29 is 14.3 Å². The Labute approximate surface area is 115 Å². The van der Waals surface area contributed by atoms with Gasteiger partial charge < -0.3 is 15.2 Å². The highest BCUT2D eigenvalue weighted by molar-refractivity contribution is 7.15. The number of anilines is 1. The zero-order valence-electron chi connectivity index (χ0n) is 10.00. The van der Waals surface area contributed by atoms with Gasteiger partial charge >= 0.3 is 5.97 Å². The SMILES string of the molecule is COC(=O)C1COCCN1Cc1cnc(N)s1.Cl. The van der Waals surface area contributed by atoms with Crippen LogP contribution in [0.15, 0.2) is 6.20 Å². The molecule has 1 unspecified atom stereocenters. The lowest BCUT2D eigenvalue weighted by Gasteiger charge is -2.32. The number of thiazole rings is 1. The molecule has 102 valence electrons. The number of hydrogen-bond donors (Lipinski definition) is 1. The van der Waals surface area contributed by atoms with Crippen LogP contribution in [0, 0.1) is 0 Å². The molecule has 1 aromatic heterocycles. The molecule has 0 aromatic carbocycles. The van der Waals surface area contributed by atoms with Crippen LogP contribution in [0.3, 0.4) is 0 Å². The summed E-state index contributed by atoms with van der Waals surface area (Å²) in [5.41, 5.74) is 5.58. The quantitative estimate of drug-likeness (QED) is 0.819. The topological polar surface area (TPSA) is 77.7 Å². The average Bonchev–Trinajstić information content (AvgIpc) is 2.74. The van der Waals surface area contributed by atoms with E-state index >= 15 is 0 Å². The van der Waals surface area contributed by atoms with E-state index in [-0.39, 0.29) is 24.4 Å². The van der Waals surface area contributed by atoms with Gasteiger partial charge in [0, 0.05) is 24.2 Å². The van der Waals surface area contributed by atoms with Crippen molar-refractivity contribution in [2.24, 2.45) is 0 Å². The maximum Gasteiger partial charge on any atom is 0.325 e. The average molecular weight is 294 g/mol. The standard InChI is InChI=1S/C10H15N3O3S.ClH/c1-15-9(14)8-6-16-3-2-13(8)5-7-4-12-10(11)17-7;/h4,8H,2-3,5-6H2,1H3,(H2,11,12);1H. The van der Waals surface area contributed by atoms with Gasteiger partial charge in [0.15, 0.2) is 5.13 Å². The Hall–Kier alpha value is -0.890. The van der Waals surface area contributed by atoms with Crippen LogP contribution in [0.4, 0.5) is 5.13 Å². The number of carbonyl (C=O) groups excluding carboxylic acids is 1.